The Bertz CT molecular complexity index is 741. The normalized spacial score (nSPS) is 10.6. The molecule has 0 amide bonds. The van der Waals surface area contributed by atoms with Gasteiger partial charge in [0.2, 0.25) is 11.7 Å². The number of benzene rings is 2. The van der Waals surface area contributed by atoms with Gasteiger partial charge in [0.25, 0.3) is 0 Å². The van der Waals surface area contributed by atoms with Gasteiger partial charge >= 0.3 is 0 Å². The van der Waals surface area contributed by atoms with Gasteiger partial charge in [-0.1, -0.05) is 40.5 Å². The van der Waals surface area contributed by atoms with Crippen molar-refractivity contribution in [3.05, 3.63) is 64.5 Å². The van der Waals surface area contributed by atoms with Crippen LogP contribution in [0.1, 0.15) is 5.89 Å². The van der Waals surface area contributed by atoms with Crippen LogP contribution in [-0.2, 0) is 6.54 Å². The fourth-order valence-corrected chi connectivity index (χ4v) is 2.17. The molecule has 6 heteroatoms. The number of aromatic nitrogens is 2. The number of hydrogen-bond acceptors (Lipinski definition) is 4. The van der Waals surface area contributed by atoms with Gasteiger partial charge in [0.05, 0.1) is 11.6 Å². The Balaban J connectivity index is 1.71. The van der Waals surface area contributed by atoms with E-state index in [0.717, 1.165) is 11.3 Å². The number of nitrogens with zero attached hydrogens (tertiary/aromatic N) is 2. The average Bonchev–Trinajstić information content (AvgIpc) is 2.96. The van der Waals surface area contributed by atoms with Crippen LogP contribution in [0.4, 0.5) is 5.69 Å². The van der Waals surface area contributed by atoms with E-state index in [-0.39, 0.29) is 0 Å². The molecule has 106 valence electrons. The van der Waals surface area contributed by atoms with Crippen LogP contribution >= 0.6 is 23.2 Å². The lowest BCUT2D eigenvalue weighted by Gasteiger charge is -2.02. The second kappa shape index (κ2) is 6.16. The zero-order valence-electron chi connectivity index (χ0n) is 10.9. The molecule has 1 aromatic heterocycles. The Morgan fingerprint density at radius 2 is 1.76 bits per heavy atom. The van der Waals surface area contributed by atoms with Crippen LogP contribution < -0.4 is 5.32 Å². The maximum atomic E-state index is 6.11. The molecule has 0 aliphatic heterocycles. The molecule has 2 aromatic carbocycles. The Labute approximate surface area is 131 Å². The highest BCUT2D eigenvalue weighted by Crippen LogP contribution is 2.25. The highest BCUT2D eigenvalue weighted by Gasteiger charge is 2.11. The summed E-state index contributed by atoms with van der Waals surface area (Å²) in [7, 11) is 0. The van der Waals surface area contributed by atoms with Gasteiger partial charge in [-0.15, -0.1) is 0 Å². The fourth-order valence-electron chi connectivity index (χ4n) is 1.82. The summed E-state index contributed by atoms with van der Waals surface area (Å²) < 4.78 is 5.21. The van der Waals surface area contributed by atoms with E-state index in [1.807, 2.05) is 42.5 Å². The van der Waals surface area contributed by atoms with E-state index in [1.54, 1.807) is 6.07 Å². The molecular formula is C15H11Cl2N3O. The predicted octanol–water partition coefficient (Wildman–Crippen LogP) is 4.66. The Morgan fingerprint density at radius 1 is 1.00 bits per heavy atom. The van der Waals surface area contributed by atoms with Crippen molar-refractivity contribution in [3.8, 4) is 11.4 Å². The van der Waals surface area contributed by atoms with Crippen LogP contribution in [0.25, 0.3) is 11.4 Å². The molecule has 0 saturated carbocycles. The van der Waals surface area contributed by atoms with Crippen LogP contribution in [0, 0.1) is 0 Å². The smallest absolute Gasteiger partial charge is 0.246 e. The summed E-state index contributed by atoms with van der Waals surface area (Å²) in [5.41, 5.74) is 1.68. The number of nitrogens with one attached hydrogen (secondary N) is 1. The quantitative estimate of drug-likeness (QED) is 0.760. The summed E-state index contributed by atoms with van der Waals surface area (Å²) in [5, 5.41) is 8.41. The summed E-state index contributed by atoms with van der Waals surface area (Å²) in [5.74, 6) is 0.966. The van der Waals surface area contributed by atoms with Crippen molar-refractivity contribution < 1.29 is 4.52 Å². The molecule has 4 nitrogen and oxygen atoms in total. The zero-order valence-corrected chi connectivity index (χ0v) is 12.4. The predicted molar refractivity (Wildman–Crippen MR) is 83.5 cm³/mol. The largest absolute Gasteiger partial charge is 0.376 e. The standard InChI is InChI=1S/C15H11Cl2N3O/c16-10-5-7-11(8-6-10)18-9-14-19-15(20-21-14)12-3-1-2-4-13(12)17/h1-8,18H,9H2. The monoisotopic (exact) mass is 319 g/mol. The van der Waals surface area contributed by atoms with E-state index >= 15 is 0 Å². The molecule has 0 aliphatic rings. The molecule has 0 radical (unpaired) electrons. The van der Waals surface area contributed by atoms with Gasteiger partial charge in [-0.05, 0) is 36.4 Å². The summed E-state index contributed by atoms with van der Waals surface area (Å²) in [6.45, 7) is 0.430. The van der Waals surface area contributed by atoms with Crippen LogP contribution in [0.15, 0.2) is 53.1 Å². The molecule has 1 heterocycles. The first-order valence-corrected chi connectivity index (χ1v) is 7.05. The molecule has 21 heavy (non-hydrogen) atoms. The first-order chi connectivity index (χ1) is 10.2. The minimum Gasteiger partial charge on any atom is -0.376 e. The Morgan fingerprint density at radius 3 is 2.52 bits per heavy atom. The third-order valence-corrected chi connectivity index (χ3v) is 3.45. The highest BCUT2D eigenvalue weighted by atomic mass is 35.5. The van der Waals surface area contributed by atoms with Crippen LogP contribution in [0.3, 0.4) is 0 Å². The maximum Gasteiger partial charge on any atom is 0.246 e. The molecule has 0 fully saturated rings. The second-order valence-electron chi connectivity index (χ2n) is 4.35. The lowest BCUT2D eigenvalue weighted by atomic mass is 10.2. The van der Waals surface area contributed by atoms with E-state index in [2.05, 4.69) is 15.5 Å². The van der Waals surface area contributed by atoms with Gasteiger partial charge in [0, 0.05) is 16.3 Å². The van der Waals surface area contributed by atoms with Crippen LogP contribution in [0.5, 0.6) is 0 Å². The fraction of sp³-hybridized carbons (Fsp3) is 0.0667. The third kappa shape index (κ3) is 3.35. The van der Waals surface area contributed by atoms with Crippen molar-refractivity contribution in [2.24, 2.45) is 0 Å². The van der Waals surface area contributed by atoms with E-state index in [4.69, 9.17) is 27.7 Å². The average molecular weight is 320 g/mol. The van der Waals surface area contributed by atoms with Crippen molar-refractivity contribution in [2.45, 2.75) is 6.54 Å². The number of halogens is 2. The maximum absolute atomic E-state index is 6.11. The van der Waals surface area contributed by atoms with Crippen molar-refractivity contribution in [2.75, 3.05) is 5.32 Å². The molecule has 0 aliphatic carbocycles. The molecule has 3 aromatic rings. The summed E-state index contributed by atoms with van der Waals surface area (Å²) in [6, 6.07) is 14.8. The number of hydrogen-bond donors (Lipinski definition) is 1. The van der Waals surface area contributed by atoms with Gasteiger partial charge in [0.1, 0.15) is 0 Å². The van der Waals surface area contributed by atoms with Crippen molar-refractivity contribution >= 4 is 28.9 Å². The Hall–Kier alpha value is -2.04. The molecule has 0 saturated heterocycles. The van der Waals surface area contributed by atoms with Crippen molar-refractivity contribution in [1.29, 1.82) is 0 Å². The van der Waals surface area contributed by atoms with Gasteiger partial charge < -0.3 is 9.84 Å². The molecule has 3 rings (SSSR count). The topological polar surface area (TPSA) is 51.0 Å². The summed E-state index contributed by atoms with van der Waals surface area (Å²) >= 11 is 11.9. The second-order valence-corrected chi connectivity index (χ2v) is 5.20. The SMILES string of the molecule is Clc1ccc(NCc2nc(-c3ccccc3Cl)no2)cc1. The first-order valence-electron chi connectivity index (χ1n) is 6.29. The molecule has 1 N–H and O–H groups in total. The lowest BCUT2D eigenvalue weighted by Crippen LogP contribution is -1.99. The van der Waals surface area contributed by atoms with E-state index in [0.29, 0.717) is 28.3 Å². The van der Waals surface area contributed by atoms with E-state index in [9.17, 15) is 0 Å². The van der Waals surface area contributed by atoms with E-state index < -0.39 is 0 Å². The van der Waals surface area contributed by atoms with E-state index in [1.165, 1.54) is 0 Å². The minimum atomic E-state index is 0.430. The van der Waals surface area contributed by atoms with Crippen molar-refractivity contribution in [1.82, 2.24) is 10.1 Å². The van der Waals surface area contributed by atoms with Gasteiger partial charge in [0.15, 0.2) is 0 Å². The van der Waals surface area contributed by atoms with Gasteiger partial charge in [-0.2, -0.15) is 4.98 Å². The third-order valence-electron chi connectivity index (χ3n) is 2.87. The molecule has 0 unspecified atom stereocenters. The van der Waals surface area contributed by atoms with Gasteiger partial charge in [-0.25, -0.2) is 0 Å². The lowest BCUT2D eigenvalue weighted by molar-refractivity contribution is 0.384. The molecular weight excluding hydrogens is 309 g/mol. The summed E-state index contributed by atoms with van der Waals surface area (Å²) in [6.07, 6.45) is 0. The highest BCUT2D eigenvalue weighted by molar-refractivity contribution is 6.33. The number of anilines is 1. The molecule has 0 bridgehead atoms. The summed E-state index contributed by atoms with van der Waals surface area (Å²) in [4.78, 5) is 4.32. The van der Waals surface area contributed by atoms with Gasteiger partial charge in [-0.3, -0.25) is 0 Å². The van der Waals surface area contributed by atoms with Crippen LogP contribution in [-0.4, -0.2) is 10.1 Å². The zero-order chi connectivity index (χ0) is 14.7. The first kappa shape index (κ1) is 13.9. The molecule has 0 spiro atoms. The Kier molecular flexibility index (Phi) is 4.08. The minimum absolute atomic E-state index is 0.430. The molecule has 0 atom stereocenters. The van der Waals surface area contributed by atoms with Crippen molar-refractivity contribution in [3.63, 3.8) is 0 Å². The van der Waals surface area contributed by atoms with Crippen LogP contribution in [0.2, 0.25) is 10.0 Å². The number of rotatable bonds is 4.